The van der Waals surface area contributed by atoms with Crippen LogP contribution in [0.25, 0.3) is 0 Å². The van der Waals surface area contributed by atoms with E-state index in [1.54, 1.807) is 0 Å². The Morgan fingerprint density at radius 1 is 1.31 bits per heavy atom. The van der Waals surface area contributed by atoms with Gasteiger partial charge in [0.25, 0.3) is 0 Å². The lowest BCUT2D eigenvalue weighted by molar-refractivity contribution is 0.189. The first-order valence-corrected chi connectivity index (χ1v) is 5.85. The highest BCUT2D eigenvalue weighted by Gasteiger charge is 2.06. The highest BCUT2D eigenvalue weighted by molar-refractivity contribution is 5.47. The van der Waals surface area contributed by atoms with Gasteiger partial charge in [-0.3, -0.25) is 0 Å². The number of likely N-dealkylation sites (N-methyl/N-ethyl adjacent to an activating group) is 1. The van der Waals surface area contributed by atoms with E-state index < -0.39 is 6.10 Å². The Hall–Kier alpha value is -1.06. The second-order valence-electron chi connectivity index (χ2n) is 4.19. The summed E-state index contributed by atoms with van der Waals surface area (Å²) in [6.07, 6.45) is 1.83. The Morgan fingerprint density at radius 2 is 1.94 bits per heavy atom. The van der Waals surface area contributed by atoms with Crippen molar-refractivity contribution in [2.24, 2.45) is 5.73 Å². The molecule has 0 radical (unpaired) electrons. The molecule has 1 aromatic rings. The van der Waals surface area contributed by atoms with Crippen molar-refractivity contribution in [2.75, 3.05) is 25.0 Å². The second-order valence-corrected chi connectivity index (χ2v) is 4.19. The molecular weight excluding hydrogens is 200 g/mol. The number of aliphatic hydroxyl groups excluding tert-OH is 1. The smallest absolute Gasteiger partial charge is 0.0836 e. The van der Waals surface area contributed by atoms with Crippen molar-refractivity contribution >= 4 is 5.69 Å². The maximum absolute atomic E-state index is 9.46. The lowest BCUT2D eigenvalue weighted by Gasteiger charge is -2.22. The summed E-state index contributed by atoms with van der Waals surface area (Å²) in [5.41, 5.74) is 7.86. The quantitative estimate of drug-likeness (QED) is 0.765. The van der Waals surface area contributed by atoms with Crippen LogP contribution in [-0.4, -0.2) is 31.3 Å². The van der Waals surface area contributed by atoms with Crippen LogP contribution in [0.4, 0.5) is 5.69 Å². The predicted molar refractivity (Wildman–Crippen MR) is 68.8 cm³/mol. The molecule has 0 heterocycles. The minimum atomic E-state index is -0.458. The number of nitrogens with zero attached hydrogens (tertiary/aromatic N) is 1. The molecule has 0 aromatic heterocycles. The second kappa shape index (κ2) is 6.51. The predicted octanol–water partition coefficient (Wildman–Crippen LogP) is 1.39. The minimum absolute atomic E-state index is 0.304. The molecule has 0 aliphatic carbocycles. The Balaban J connectivity index is 2.59. The van der Waals surface area contributed by atoms with E-state index in [2.05, 4.69) is 31.2 Å². The summed E-state index contributed by atoms with van der Waals surface area (Å²) < 4.78 is 0. The fourth-order valence-electron chi connectivity index (χ4n) is 1.70. The van der Waals surface area contributed by atoms with Crippen molar-refractivity contribution in [3.63, 3.8) is 0 Å². The van der Waals surface area contributed by atoms with Crippen molar-refractivity contribution in [1.29, 1.82) is 0 Å². The summed E-state index contributed by atoms with van der Waals surface area (Å²) in [6, 6.07) is 8.47. The molecule has 0 aliphatic heterocycles. The molecule has 90 valence electrons. The first-order valence-electron chi connectivity index (χ1n) is 5.85. The number of benzene rings is 1. The highest BCUT2D eigenvalue weighted by Crippen LogP contribution is 2.14. The summed E-state index contributed by atoms with van der Waals surface area (Å²) in [5, 5.41) is 9.46. The average Bonchev–Trinajstić information content (AvgIpc) is 2.30. The third kappa shape index (κ3) is 3.83. The fraction of sp³-hybridized carbons (Fsp3) is 0.538. The van der Waals surface area contributed by atoms with Crippen LogP contribution in [0.5, 0.6) is 0 Å². The van der Waals surface area contributed by atoms with E-state index >= 15 is 0 Å². The normalized spacial score (nSPS) is 12.5. The molecule has 0 spiro atoms. The number of hydrogen-bond donors (Lipinski definition) is 2. The van der Waals surface area contributed by atoms with Gasteiger partial charge in [-0.2, -0.15) is 0 Å². The van der Waals surface area contributed by atoms with Gasteiger partial charge in [0.05, 0.1) is 6.10 Å². The lowest BCUT2D eigenvalue weighted by atomic mass is 10.1. The molecule has 0 bridgehead atoms. The summed E-state index contributed by atoms with van der Waals surface area (Å²) in [4.78, 5) is 2.02. The largest absolute Gasteiger partial charge is 0.390 e. The molecule has 1 aromatic carbocycles. The Morgan fingerprint density at radius 3 is 2.44 bits per heavy atom. The zero-order valence-corrected chi connectivity index (χ0v) is 10.2. The van der Waals surface area contributed by atoms with Gasteiger partial charge in [0, 0.05) is 25.8 Å². The summed E-state index contributed by atoms with van der Waals surface area (Å²) in [6.45, 7) is 3.06. The van der Waals surface area contributed by atoms with Gasteiger partial charge >= 0.3 is 0 Å². The van der Waals surface area contributed by atoms with Crippen LogP contribution in [0.2, 0.25) is 0 Å². The SMILES string of the molecule is CCCc1ccc(N(C)CC(O)CN)cc1. The molecule has 0 saturated heterocycles. The van der Waals surface area contributed by atoms with Crippen LogP contribution in [0.1, 0.15) is 18.9 Å². The zero-order chi connectivity index (χ0) is 12.0. The monoisotopic (exact) mass is 222 g/mol. The summed E-state index contributed by atoms with van der Waals surface area (Å²) in [5.74, 6) is 0. The van der Waals surface area contributed by atoms with Crippen LogP contribution < -0.4 is 10.6 Å². The molecule has 1 rings (SSSR count). The van der Waals surface area contributed by atoms with Crippen LogP contribution in [0, 0.1) is 0 Å². The fourth-order valence-corrected chi connectivity index (χ4v) is 1.70. The Kier molecular flexibility index (Phi) is 5.29. The van der Waals surface area contributed by atoms with Crippen molar-refractivity contribution in [1.82, 2.24) is 0 Å². The highest BCUT2D eigenvalue weighted by atomic mass is 16.3. The number of aryl methyl sites for hydroxylation is 1. The molecule has 3 heteroatoms. The van der Waals surface area contributed by atoms with Gasteiger partial charge in [-0.25, -0.2) is 0 Å². The van der Waals surface area contributed by atoms with Gasteiger partial charge in [-0.15, -0.1) is 0 Å². The third-order valence-electron chi connectivity index (χ3n) is 2.67. The van der Waals surface area contributed by atoms with Crippen LogP contribution in [0.15, 0.2) is 24.3 Å². The van der Waals surface area contributed by atoms with E-state index in [0.717, 1.165) is 12.1 Å². The molecular formula is C13H22N2O. The number of aliphatic hydroxyl groups is 1. The average molecular weight is 222 g/mol. The van der Waals surface area contributed by atoms with Gasteiger partial charge in [0.15, 0.2) is 0 Å². The first-order chi connectivity index (χ1) is 7.67. The van der Waals surface area contributed by atoms with Gasteiger partial charge in [-0.1, -0.05) is 25.5 Å². The van der Waals surface area contributed by atoms with E-state index in [1.165, 1.54) is 12.0 Å². The van der Waals surface area contributed by atoms with Crippen molar-refractivity contribution in [2.45, 2.75) is 25.9 Å². The topological polar surface area (TPSA) is 49.5 Å². The number of hydrogen-bond acceptors (Lipinski definition) is 3. The molecule has 0 aliphatic rings. The van der Waals surface area contributed by atoms with E-state index in [-0.39, 0.29) is 0 Å². The van der Waals surface area contributed by atoms with Crippen molar-refractivity contribution in [3.05, 3.63) is 29.8 Å². The number of nitrogens with two attached hydrogens (primary N) is 1. The van der Waals surface area contributed by atoms with Gasteiger partial charge in [0.2, 0.25) is 0 Å². The molecule has 1 unspecified atom stereocenters. The third-order valence-corrected chi connectivity index (χ3v) is 2.67. The van der Waals surface area contributed by atoms with Crippen LogP contribution >= 0.6 is 0 Å². The molecule has 0 saturated carbocycles. The molecule has 1 atom stereocenters. The summed E-state index contributed by atoms with van der Waals surface area (Å²) >= 11 is 0. The van der Waals surface area contributed by atoms with E-state index in [4.69, 9.17) is 5.73 Å². The number of rotatable bonds is 6. The van der Waals surface area contributed by atoms with Crippen LogP contribution in [0.3, 0.4) is 0 Å². The molecule has 3 nitrogen and oxygen atoms in total. The Bertz CT molecular complexity index is 297. The standard InChI is InChI=1S/C13H22N2O/c1-3-4-11-5-7-12(8-6-11)15(2)10-13(16)9-14/h5-8,13,16H,3-4,9-10,14H2,1-2H3. The minimum Gasteiger partial charge on any atom is -0.390 e. The summed E-state index contributed by atoms with van der Waals surface area (Å²) in [7, 11) is 1.97. The van der Waals surface area contributed by atoms with Crippen molar-refractivity contribution < 1.29 is 5.11 Å². The molecule has 0 fully saturated rings. The van der Waals surface area contributed by atoms with E-state index in [9.17, 15) is 5.11 Å². The van der Waals surface area contributed by atoms with Gasteiger partial charge in [-0.05, 0) is 24.1 Å². The maximum Gasteiger partial charge on any atom is 0.0836 e. The van der Waals surface area contributed by atoms with Gasteiger partial charge < -0.3 is 15.7 Å². The molecule has 16 heavy (non-hydrogen) atoms. The Labute approximate surface area is 97.9 Å². The lowest BCUT2D eigenvalue weighted by Crippen LogP contribution is -2.34. The van der Waals surface area contributed by atoms with E-state index in [0.29, 0.717) is 13.1 Å². The molecule has 0 amide bonds. The molecule has 3 N–H and O–H groups in total. The van der Waals surface area contributed by atoms with Crippen molar-refractivity contribution in [3.8, 4) is 0 Å². The first kappa shape index (κ1) is 13.0. The zero-order valence-electron chi connectivity index (χ0n) is 10.2. The number of anilines is 1. The van der Waals surface area contributed by atoms with Crippen LogP contribution in [-0.2, 0) is 6.42 Å². The maximum atomic E-state index is 9.46. The van der Waals surface area contributed by atoms with E-state index in [1.807, 2.05) is 11.9 Å². The van der Waals surface area contributed by atoms with Gasteiger partial charge in [0.1, 0.15) is 0 Å².